The van der Waals surface area contributed by atoms with Crippen molar-refractivity contribution in [3.63, 3.8) is 0 Å². The molecule has 1 aliphatic carbocycles. The first-order valence-corrected chi connectivity index (χ1v) is 6.92. The van der Waals surface area contributed by atoms with Gasteiger partial charge in [0.15, 0.2) is 0 Å². The van der Waals surface area contributed by atoms with Crippen LogP contribution >= 0.6 is 11.3 Å². The summed E-state index contributed by atoms with van der Waals surface area (Å²) < 4.78 is 5.37. The molecule has 0 radical (unpaired) electrons. The smallest absolute Gasteiger partial charge is 0.0675 e. The molecule has 2 nitrogen and oxygen atoms in total. The fraction of sp³-hybridized carbons (Fsp3) is 0.692. The average Bonchev–Trinajstić information content (AvgIpc) is 2.79. The van der Waals surface area contributed by atoms with Crippen LogP contribution in [0.15, 0.2) is 16.8 Å². The molecule has 1 aromatic rings. The van der Waals surface area contributed by atoms with Gasteiger partial charge in [-0.05, 0) is 54.5 Å². The molecule has 0 aliphatic heterocycles. The van der Waals surface area contributed by atoms with Crippen molar-refractivity contribution in [3.05, 3.63) is 22.4 Å². The standard InChI is InChI=1S/C13H20O2S/c1-15-12-3-2-6-13(14,9-12)7-4-11-5-8-16-10-11/h5,8,10,12,14H,2-4,6-7,9H2,1H3. The van der Waals surface area contributed by atoms with Gasteiger partial charge in [0.2, 0.25) is 0 Å². The number of thiophene rings is 1. The van der Waals surface area contributed by atoms with Gasteiger partial charge in [0.1, 0.15) is 0 Å². The predicted molar refractivity (Wildman–Crippen MR) is 66.9 cm³/mol. The number of hydrogen-bond donors (Lipinski definition) is 1. The van der Waals surface area contributed by atoms with E-state index in [9.17, 15) is 5.11 Å². The van der Waals surface area contributed by atoms with Gasteiger partial charge in [0.25, 0.3) is 0 Å². The first-order valence-electron chi connectivity index (χ1n) is 5.98. The highest BCUT2D eigenvalue weighted by molar-refractivity contribution is 7.07. The maximum absolute atomic E-state index is 10.5. The normalized spacial score (nSPS) is 30.5. The fourth-order valence-electron chi connectivity index (χ4n) is 2.53. The van der Waals surface area contributed by atoms with Gasteiger partial charge < -0.3 is 9.84 Å². The summed E-state index contributed by atoms with van der Waals surface area (Å²) in [5, 5.41) is 14.8. The van der Waals surface area contributed by atoms with Gasteiger partial charge in [-0.25, -0.2) is 0 Å². The zero-order valence-electron chi connectivity index (χ0n) is 9.82. The third-order valence-electron chi connectivity index (χ3n) is 3.57. The topological polar surface area (TPSA) is 29.5 Å². The summed E-state index contributed by atoms with van der Waals surface area (Å²) in [7, 11) is 1.75. The van der Waals surface area contributed by atoms with Crippen molar-refractivity contribution in [1.82, 2.24) is 0 Å². The Morgan fingerprint density at radius 2 is 2.50 bits per heavy atom. The minimum atomic E-state index is -0.499. The monoisotopic (exact) mass is 240 g/mol. The Morgan fingerprint density at radius 3 is 3.19 bits per heavy atom. The van der Waals surface area contributed by atoms with Crippen LogP contribution in [0.1, 0.15) is 37.7 Å². The molecule has 1 N–H and O–H groups in total. The Morgan fingerprint density at radius 1 is 1.62 bits per heavy atom. The molecule has 16 heavy (non-hydrogen) atoms. The van der Waals surface area contributed by atoms with Crippen LogP contribution in [0.4, 0.5) is 0 Å². The van der Waals surface area contributed by atoms with E-state index in [4.69, 9.17) is 4.74 Å². The van der Waals surface area contributed by atoms with E-state index in [1.54, 1.807) is 18.4 Å². The summed E-state index contributed by atoms with van der Waals surface area (Å²) in [5.41, 5.74) is 0.846. The molecule has 2 atom stereocenters. The van der Waals surface area contributed by atoms with E-state index in [1.165, 1.54) is 5.56 Å². The van der Waals surface area contributed by atoms with Crippen molar-refractivity contribution >= 4 is 11.3 Å². The molecule has 1 aromatic heterocycles. The van der Waals surface area contributed by atoms with Crippen molar-refractivity contribution in [2.24, 2.45) is 0 Å². The lowest BCUT2D eigenvalue weighted by Crippen LogP contribution is -2.38. The fourth-order valence-corrected chi connectivity index (χ4v) is 3.23. The second-order valence-corrected chi connectivity index (χ2v) is 5.59. The van der Waals surface area contributed by atoms with E-state index in [2.05, 4.69) is 16.8 Å². The Kier molecular flexibility index (Phi) is 4.00. The van der Waals surface area contributed by atoms with Gasteiger partial charge in [-0.15, -0.1) is 0 Å². The second-order valence-electron chi connectivity index (χ2n) is 4.81. The quantitative estimate of drug-likeness (QED) is 0.876. The van der Waals surface area contributed by atoms with Gasteiger partial charge >= 0.3 is 0 Å². The van der Waals surface area contributed by atoms with Crippen molar-refractivity contribution in [2.45, 2.75) is 50.2 Å². The molecule has 1 heterocycles. The summed E-state index contributed by atoms with van der Waals surface area (Å²) in [5.74, 6) is 0. The molecule has 2 rings (SSSR count). The summed E-state index contributed by atoms with van der Waals surface area (Å²) in [6.45, 7) is 0. The Balaban J connectivity index is 1.87. The molecule has 90 valence electrons. The molecule has 1 fully saturated rings. The molecule has 0 bridgehead atoms. The van der Waals surface area contributed by atoms with E-state index in [1.807, 2.05) is 0 Å². The first kappa shape index (κ1) is 12.1. The van der Waals surface area contributed by atoms with Crippen LogP contribution in [-0.2, 0) is 11.2 Å². The van der Waals surface area contributed by atoms with Crippen LogP contribution in [-0.4, -0.2) is 23.9 Å². The Labute approximate surface area is 101 Å². The number of hydrogen-bond acceptors (Lipinski definition) is 3. The summed E-state index contributed by atoms with van der Waals surface area (Å²) in [6.07, 6.45) is 6.00. The lowest BCUT2D eigenvalue weighted by Gasteiger charge is -2.36. The lowest BCUT2D eigenvalue weighted by molar-refractivity contribution is -0.0630. The maximum atomic E-state index is 10.5. The SMILES string of the molecule is COC1CCCC(O)(CCc2ccsc2)C1. The lowest BCUT2D eigenvalue weighted by atomic mass is 9.79. The Bertz CT molecular complexity index is 310. The highest BCUT2D eigenvalue weighted by Gasteiger charge is 2.33. The molecular formula is C13H20O2S. The first-order chi connectivity index (χ1) is 7.72. The van der Waals surface area contributed by atoms with Crippen LogP contribution in [0.3, 0.4) is 0 Å². The minimum absolute atomic E-state index is 0.251. The summed E-state index contributed by atoms with van der Waals surface area (Å²) in [4.78, 5) is 0. The highest BCUT2D eigenvalue weighted by Crippen LogP contribution is 2.33. The molecular weight excluding hydrogens is 220 g/mol. The van der Waals surface area contributed by atoms with E-state index in [0.29, 0.717) is 0 Å². The van der Waals surface area contributed by atoms with Gasteiger partial charge in [0, 0.05) is 13.5 Å². The van der Waals surface area contributed by atoms with Crippen LogP contribution < -0.4 is 0 Å². The number of methoxy groups -OCH3 is 1. The van der Waals surface area contributed by atoms with Crippen LogP contribution in [0, 0.1) is 0 Å². The number of aliphatic hydroxyl groups is 1. The largest absolute Gasteiger partial charge is 0.390 e. The maximum Gasteiger partial charge on any atom is 0.0675 e. The molecule has 1 aliphatic rings. The van der Waals surface area contributed by atoms with Crippen molar-refractivity contribution in [3.8, 4) is 0 Å². The van der Waals surface area contributed by atoms with E-state index in [-0.39, 0.29) is 6.10 Å². The zero-order chi connectivity index (χ0) is 11.4. The zero-order valence-corrected chi connectivity index (χ0v) is 10.6. The van der Waals surface area contributed by atoms with E-state index >= 15 is 0 Å². The number of rotatable bonds is 4. The number of ether oxygens (including phenoxy) is 1. The van der Waals surface area contributed by atoms with Crippen LogP contribution in [0.5, 0.6) is 0 Å². The van der Waals surface area contributed by atoms with Crippen molar-refractivity contribution < 1.29 is 9.84 Å². The minimum Gasteiger partial charge on any atom is -0.390 e. The van der Waals surface area contributed by atoms with Crippen molar-refractivity contribution in [1.29, 1.82) is 0 Å². The molecule has 0 saturated heterocycles. The van der Waals surface area contributed by atoms with Gasteiger partial charge in [0.05, 0.1) is 11.7 Å². The van der Waals surface area contributed by atoms with E-state index in [0.717, 1.165) is 38.5 Å². The Hall–Kier alpha value is -0.380. The third kappa shape index (κ3) is 3.06. The van der Waals surface area contributed by atoms with Gasteiger partial charge in [-0.3, -0.25) is 0 Å². The van der Waals surface area contributed by atoms with E-state index < -0.39 is 5.60 Å². The number of aryl methyl sites for hydroxylation is 1. The van der Waals surface area contributed by atoms with Crippen molar-refractivity contribution in [2.75, 3.05) is 7.11 Å². The van der Waals surface area contributed by atoms with Crippen LogP contribution in [0.2, 0.25) is 0 Å². The molecule has 0 amide bonds. The second kappa shape index (κ2) is 5.30. The summed E-state index contributed by atoms with van der Waals surface area (Å²) >= 11 is 1.72. The van der Waals surface area contributed by atoms with Crippen LogP contribution in [0.25, 0.3) is 0 Å². The molecule has 0 spiro atoms. The van der Waals surface area contributed by atoms with Gasteiger partial charge in [-0.2, -0.15) is 11.3 Å². The summed E-state index contributed by atoms with van der Waals surface area (Å²) in [6, 6.07) is 2.14. The molecule has 2 unspecified atom stereocenters. The molecule has 1 saturated carbocycles. The predicted octanol–water partition coefficient (Wildman–Crippen LogP) is 3.00. The average molecular weight is 240 g/mol. The molecule has 3 heteroatoms. The molecule has 0 aromatic carbocycles. The highest BCUT2D eigenvalue weighted by atomic mass is 32.1. The van der Waals surface area contributed by atoms with Gasteiger partial charge in [-0.1, -0.05) is 0 Å². The third-order valence-corrected chi connectivity index (χ3v) is 4.30.